The molecule has 4 amide bonds. The van der Waals surface area contributed by atoms with Gasteiger partial charge in [-0.2, -0.15) is 0 Å². The molecule has 0 bridgehead atoms. The summed E-state index contributed by atoms with van der Waals surface area (Å²) in [5, 5.41) is 2.00. The van der Waals surface area contributed by atoms with Crippen LogP contribution in [0.25, 0.3) is 0 Å². The summed E-state index contributed by atoms with van der Waals surface area (Å²) in [5.41, 5.74) is 2.02. The predicted molar refractivity (Wildman–Crippen MR) is 126 cm³/mol. The number of urea groups is 1. The van der Waals surface area contributed by atoms with Crippen molar-refractivity contribution < 1.29 is 32.3 Å². The van der Waals surface area contributed by atoms with E-state index in [2.05, 4.69) is 10.0 Å². The molecule has 1 unspecified atom stereocenters. The largest absolute Gasteiger partial charge is 0.492 e. The van der Waals surface area contributed by atoms with E-state index in [-0.39, 0.29) is 42.7 Å². The van der Waals surface area contributed by atoms with Gasteiger partial charge < -0.3 is 14.8 Å². The average molecular weight is 513 g/mol. The summed E-state index contributed by atoms with van der Waals surface area (Å²) < 4.78 is 41.4. The Hall–Kier alpha value is -2.77. The molecule has 1 aromatic rings. The molecule has 0 aliphatic carbocycles. The van der Waals surface area contributed by atoms with Gasteiger partial charge in [-0.1, -0.05) is 6.92 Å². The lowest BCUT2D eigenvalue weighted by atomic mass is 10.0. The Morgan fingerprint density at radius 2 is 2.03 bits per heavy atom. The summed E-state index contributed by atoms with van der Waals surface area (Å²) in [6.45, 7) is 5.99. The van der Waals surface area contributed by atoms with Crippen molar-refractivity contribution in [2.45, 2.75) is 44.6 Å². The Labute approximate surface area is 202 Å². The van der Waals surface area contributed by atoms with E-state index in [1.54, 1.807) is 6.92 Å². The van der Waals surface area contributed by atoms with Gasteiger partial charge in [-0.15, -0.1) is 0 Å². The van der Waals surface area contributed by atoms with E-state index in [0.717, 1.165) is 10.5 Å². The van der Waals surface area contributed by atoms with Crippen molar-refractivity contribution in [2.75, 3.05) is 26.8 Å². The van der Waals surface area contributed by atoms with Gasteiger partial charge in [0.05, 0.1) is 19.2 Å². The van der Waals surface area contributed by atoms with Gasteiger partial charge in [0.2, 0.25) is 0 Å². The second-order valence-corrected chi connectivity index (χ2v) is 10.3. The first-order chi connectivity index (χ1) is 16.1. The van der Waals surface area contributed by atoms with Crippen molar-refractivity contribution in [3.8, 4) is 11.5 Å². The maximum atomic E-state index is 12.8. The second-order valence-electron chi connectivity index (χ2n) is 7.70. The highest BCUT2D eigenvalue weighted by Crippen LogP contribution is 2.35. The number of carbonyl (C=O) groups is 3. The van der Waals surface area contributed by atoms with Crippen LogP contribution in [0.5, 0.6) is 11.5 Å². The average Bonchev–Trinajstić information content (AvgIpc) is 3.06. The second kappa shape index (κ2) is 10.7. The lowest BCUT2D eigenvalue weighted by molar-refractivity contribution is -0.123. The number of rotatable bonds is 7. The van der Waals surface area contributed by atoms with Crippen molar-refractivity contribution in [3.63, 3.8) is 0 Å². The van der Waals surface area contributed by atoms with Crippen LogP contribution in [0.2, 0.25) is 0 Å². The summed E-state index contributed by atoms with van der Waals surface area (Å²) in [6.07, 6.45) is 0.821. The van der Waals surface area contributed by atoms with Crippen molar-refractivity contribution in [2.24, 2.45) is 0 Å². The third-order valence-electron chi connectivity index (χ3n) is 5.38. The third kappa shape index (κ3) is 5.47. The fraction of sp³-hybridized carbons (Fsp3) is 0.476. The fourth-order valence-corrected chi connectivity index (χ4v) is 5.55. The van der Waals surface area contributed by atoms with Gasteiger partial charge in [-0.3, -0.25) is 19.2 Å². The molecule has 0 aromatic heterocycles. The van der Waals surface area contributed by atoms with Crippen LogP contribution in [0.15, 0.2) is 28.2 Å². The number of hydrogen-bond donors (Lipinski definition) is 3. The van der Waals surface area contributed by atoms with Gasteiger partial charge in [0, 0.05) is 23.6 Å². The van der Waals surface area contributed by atoms with Gasteiger partial charge in [0.15, 0.2) is 0 Å². The highest BCUT2D eigenvalue weighted by molar-refractivity contribution is 8.13. The van der Waals surface area contributed by atoms with Crippen LogP contribution in [0.3, 0.4) is 0 Å². The molecule has 1 atom stereocenters. The number of imide groups is 1. The van der Waals surface area contributed by atoms with Crippen LogP contribution in [0.1, 0.15) is 32.8 Å². The molecule has 0 saturated heterocycles. The zero-order chi connectivity index (χ0) is 25.0. The molecule has 0 fully saturated rings. The Morgan fingerprint density at radius 1 is 1.29 bits per heavy atom. The summed E-state index contributed by atoms with van der Waals surface area (Å²) in [5.74, 6) is 0.168. The van der Waals surface area contributed by atoms with Crippen LogP contribution in [0.4, 0.5) is 9.59 Å². The van der Waals surface area contributed by atoms with Crippen molar-refractivity contribution in [1.29, 1.82) is 0 Å². The molecule has 2 aliphatic rings. The lowest BCUT2D eigenvalue weighted by Gasteiger charge is -2.28. The maximum Gasteiger partial charge on any atom is 0.325 e. The zero-order valence-corrected chi connectivity index (χ0v) is 21.0. The molecule has 0 radical (unpaired) electrons. The Bertz CT molecular complexity index is 1130. The number of nitrogens with one attached hydrogen (secondary N) is 3. The minimum atomic E-state index is -4.23. The molecule has 1 aromatic carbocycles. The predicted octanol–water partition coefficient (Wildman–Crippen LogP) is 1.93. The van der Waals surface area contributed by atoms with Gasteiger partial charge in [-0.25, -0.2) is 17.9 Å². The van der Waals surface area contributed by atoms with E-state index in [9.17, 15) is 22.8 Å². The highest BCUT2D eigenvalue weighted by atomic mass is 32.2. The first kappa shape index (κ1) is 25.8. The molecular weight excluding hydrogens is 484 g/mol. The first-order valence-corrected chi connectivity index (χ1v) is 13.0. The monoisotopic (exact) mass is 512 g/mol. The minimum Gasteiger partial charge on any atom is -0.492 e. The molecular formula is C21H28N4O7S2. The number of fused-ring (bicyclic) bond motifs is 1. The molecule has 0 saturated carbocycles. The molecule has 3 N–H and O–H groups in total. The first-order valence-electron chi connectivity index (χ1n) is 10.7. The third-order valence-corrected chi connectivity index (χ3v) is 7.35. The van der Waals surface area contributed by atoms with E-state index < -0.39 is 27.3 Å². The number of carbonyl (C=O) groups excluding carboxylic acids is 3. The summed E-state index contributed by atoms with van der Waals surface area (Å²) in [7, 11) is -2.74. The van der Waals surface area contributed by atoms with E-state index >= 15 is 0 Å². The van der Waals surface area contributed by atoms with Gasteiger partial charge in [0.25, 0.3) is 15.9 Å². The number of ether oxygens (including phenoxy) is 2. The van der Waals surface area contributed by atoms with E-state index in [4.69, 9.17) is 9.47 Å². The number of benzene rings is 1. The summed E-state index contributed by atoms with van der Waals surface area (Å²) in [6, 6.07) is 1.83. The van der Waals surface area contributed by atoms with Crippen LogP contribution >= 0.6 is 11.9 Å². The number of amides is 4. The molecule has 2 aliphatic heterocycles. The van der Waals surface area contributed by atoms with Crippen LogP contribution in [-0.2, 0) is 21.2 Å². The van der Waals surface area contributed by atoms with E-state index in [1.165, 1.54) is 19.2 Å². The van der Waals surface area contributed by atoms with Crippen LogP contribution < -0.4 is 24.2 Å². The van der Waals surface area contributed by atoms with Crippen LogP contribution in [0, 0.1) is 0 Å². The molecule has 34 heavy (non-hydrogen) atoms. The minimum absolute atomic E-state index is 0.0507. The summed E-state index contributed by atoms with van der Waals surface area (Å²) in [4.78, 5) is 38.0. The number of nitrogens with zero attached hydrogens (tertiary/aromatic N) is 1. The fourth-order valence-electron chi connectivity index (χ4n) is 3.86. The molecule has 11 nitrogen and oxygen atoms in total. The Balaban J connectivity index is 1.80. The van der Waals surface area contributed by atoms with Gasteiger partial charge in [0.1, 0.15) is 23.0 Å². The molecule has 3 rings (SSSR count). The Morgan fingerprint density at radius 3 is 2.65 bits per heavy atom. The topological polar surface area (TPSA) is 143 Å². The van der Waals surface area contributed by atoms with Crippen molar-refractivity contribution in [3.05, 3.63) is 28.8 Å². The lowest BCUT2D eigenvalue weighted by Crippen LogP contribution is -2.49. The highest BCUT2D eigenvalue weighted by Gasteiger charge is 2.34. The maximum absolute atomic E-state index is 12.8. The molecule has 13 heteroatoms. The molecule has 0 spiro atoms. The van der Waals surface area contributed by atoms with Gasteiger partial charge >= 0.3 is 11.3 Å². The Kier molecular flexibility index (Phi) is 8.10. The standard InChI is InChI=1S/C21H28N4O7S2/c1-5-15-12(3)10-25(19(15)26)20(27)23-14-7-13-8-18(34(29,30)24-21(28)33-22-4)17(31-6-2)9-16(13)32-11-14/h8-9,14,22H,5-7,10-11H2,1-4H3,(H,23,27)(H,24,28). The number of hydrogen-bond acceptors (Lipinski definition) is 9. The zero-order valence-electron chi connectivity index (χ0n) is 19.4. The van der Waals surface area contributed by atoms with Crippen molar-refractivity contribution in [1.82, 2.24) is 19.7 Å². The van der Waals surface area contributed by atoms with Gasteiger partial charge in [-0.05, 0) is 50.9 Å². The SMILES string of the molecule is CCOc1cc2c(cc1S(=O)(=O)NC(=O)SNC)CC(NC(=O)N1CC(C)=C(CC)C1=O)CO2. The quantitative estimate of drug-likeness (QED) is 0.467. The van der Waals surface area contributed by atoms with E-state index in [1.807, 2.05) is 18.6 Å². The normalized spacial score (nSPS) is 17.8. The van der Waals surface area contributed by atoms with E-state index in [0.29, 0.717) is 35.3 Å². The van der Waals surface area contributed by atoms with Crippen molar-refractivity contribution >= 4 is 39.1 Å². The smallest absolute Gasteiger partial charge is 0.325 e. The molecule has 186 valence electrons. The number of sulfonamides is 1. The molecule has 2 heterocycles. The summed E-state index contributed by atoms with van der Waals surface area (Å²) >= 11 is 0.594. The van der Waals surface area contributed by atoms with Crippen LogP contribution in [-0.4, -0.2) is 63.3 Å².